The first-order chi connectivity index (χ1) is 15.1. The van der Waals surface area contributed by atoms with Gasteiger partial charge < -0.3 is 23.8 Å². The molecule has 0 bridgehead atoms. The number of hydrogen-bond donors (Lipinski definition) is 2. The molecule has 4 rings (SSSR count). The van der Waals surface area contributed by atoms with E-state index in [2.05, 4.69) is 10.5 Å². The zero-order valence-electron chi connectivity index (χ0n) is 17.2. The van der Waals surface area contributed by atoms with Gasteiger partial charge in [0.2, 0.25) is 13.9 Å². The third kappa shape index (κ3) is 5.99. The van der Waals surface area contributed by atoms with Gasteiger partial charge in [0.15, 0.2) is 5.76 Å². The molecular formula is C23H26N2O5P. The number of aryl methyl sites for hydroxylation is 1. The van der Waals surface area contributed by atoms with Crippen LogP contribution in [0.25, 0.3) is 11.3 Å². The van der Waals surface area contributed by atoms with Gasteiger partial charge in [0, 0.05) is 23.2 Å². The molecule has 2 heterocycles. The predicted molar refractivity (Wildman–Crippen MR) is 119 cm³/mol. The van der Waals surface area contributed by atoms with Crippen molar-refractivity contribution >= 4 is 19.5 Å². The number of nitrogens with zero attached hydrogens (tertiary/aromatic N) is 1. The Kier molecular flexibility index (Phi) is 7.10. The number of rotatable bonds is 8. The standard InChI is InChI=1S/C23H26N2O5P/c26-22(9-4-8-20-16-24-30-23(20)19-6-2-1-3-7-19)25-21-12-10-18(11-13-21)17-31(27)28-14-5-15-29-31/h1-3,6-7,10-13,16,27H,4-5,8-9,14-15,17H2,(H,25,26). The Bertz CT molecular complexity index is 985. The molecule has 0 atom stereocenters. The Morgan fingerprint density at radius 2 is 1.81 bits per heavy atom. The third-order valence-corrected chi connectivity index (χ3v) is 6.96. The van der Waals surface area contributed by atoms with Crippen LogP contribution in [0.1, 0.15) is 30.4 Å². The molecule has 163 valence electrons. The fourth-order valence-corrected chi connectivity index (χ4v) is 5.21. The molecule has 1 aromatic heterocycles. The van der Waals surface area contributed by atoms with Gasteiger partial charge in [0.05, 0.1) is 25.6 Å². The monoisotopic (exact) mass is 441 g/mol. The second-order valence-electron chi connectivity index (χ2n) is 7.46. The predicted octanol–water partition coefficient (Wildman–Crippen LogP) is 4.99. The normalized spacial score (nSPS) is 15.5. The van der Waals surface area contributed by atoms with E-state index in [0.717, 1.165) is 34.6 Å². The Morgan fingerprint density at radius 3 is 2.55 bits per heavy atom. The summed E-state index contributed by atoms with van der Waals surface area (Å²) in [6, 6.07) is 17.2. The number of amides is 1. The molecule has 1 aliphatic heterocycles. The summed E-state index contributed by atoms with van der Waals surface area (Å²) in [5, 5.41) is 6.82. The summed E-state index contributed by atoms with van der Waals surface area (Å²) in [4.78, 5) is 22.7. The maximum Gasteiger partial charge on any atom is 0.235 e. The average Bonchev–Trinajstić information content (AvgIpc) is 3.25. The minimum atomic E-state index is -2.79. The first kappa shape index (κ1) is 21.7. The van der Waals surface area contributed by atoms with Gasteiger partial charge in [-0.3, -0.25) is 4.79 Å². The van der Waals surface area contributed by atoms with Gasteiger partial charge in [-0.25, -0.2) is 0 Å². The summed E-state index contributed by atoms with van der Waals surface area (Å²) in [6.45, 7) is 1.06. The average molecular weight is 441 g/mol. The first-order valence-corrected chi connectivity index (χ1v) is 12.2. The molecule has 3 aromatic rings. The molecule has 0 unspecified atom stereocenters. The minimum absolute atomic E-state index is 0.0458. The van der Waals surface area contributed by atoms with Crippen molar-refractivity contribution in [1.29, 1.82) is 0 Å². The highest BCUT2D eigenvalue weighted by Crippen LogP contribution is 2.61. The van der Waals surface area contributed by atoms with Gasteiger partial charge in [-0.15, -0.1) is 0 Å². The molecule has 2 aromatic carbocycles. The van der Waals surface area contributed by atoms with Crippen LogP contribution >= 0.6 is 7.94 Å². The molecule has 2 N–H and O–H groups in total. The highest BCUT2D eigenvalue weighted by atomic mass is 31.2. The molecule has 0 spiro atoms. The van der Waals surface area contributed by atoms with Crippen molar-refractivity contribution in [3.63, 3.8) is 0 Å². The summed E-state index contributed by atoms with van der Waals surface area (Å²) in [6.07, 6.45) is 4.67. The minimum Gasteiger partial charge on any atom is -0.356 e. The summed E-state index contributed by atoms with van der Waals surface area (Å²) in [7, 11) is -2.79. The zero-order chi connectivity index (χ0) is 21.5. The van der Waals surface area contributed by atoms with Gasteiger partial charge in [-0.1, -0.05) is 47.6 Å². The largest absolute Gasteiger partial charge is 0.356 e. The van der Waals surface area contributed by atoms with E-state index < -0.39 is 7.94 Å². The molecule has 1 fully saturated rings. The topological polar surface area (TPSA) is 93.8 Å². The van der Waals surface area contributed by atoms with Crippen molar-refractivity contribution in [2.45, 2.75) is 31.8 Å². The molecule has 1 aliphatic rings. The van der Waals surface area contributed by atoms with Crippen molar-refractivity contribution in [3.8, 4) is 11.3 Å². The highest BCUT2D eigenvalue weighted by Gasteiger charge is 2.30. The van der Waals surface area contributed by atoms with E-state index in [1.165, 1.54) is 0 Å². The summed E-state index contributed by atoms with van der Waals surface area (Å²) < 4.78 is 16.3. The van der Waals surface area contributed by atoms with Crippen LogP contribution in [0, 0.1) is 0 Å². The highest BCUT2D eigenvalue weighted by molar-refractivity contribution is 7.59. The van der Waals surface area contributed by atoms with Crippen LogP contribution in [0.5, 0.6) is 0 Å². The number of nitrogens with one attached hydrogen (secondary N) is 1. The molecule has 1 radical (unpaired) electrons. The number of hydrogen-bond acceptors (Lipinski definition) is 6. The van der Waals surface area contributed by atoms with Crippen LogP contribution in [0.2, 0.25) is 0 Å². The van der Waals surface area contributed by atoms with Crippen LogP contribution in [-0.2, 0) is 26.4 Å². The Labute approximate surface area is 182 Å². The van der Waals surface area contributed by atoms with E-state index in [1.807, 2.05) is 54.6 Å². The van der Waals surface area contributed by atoms with Crippen molar-refractivity contribution in [2.24, 2.45) is 0 Å². The van der Waals surface area contributed by atoms with Crippen molar-refractivity contribution in [3.05, 3.63) is 71.9 Å². The molecule has 7 nitrogen and oxygen atoms in total. The lowest BCUT2D eigenvalue weighted by Crippen LogP contribution is -2.14. The number of aromatic nitrogens is 1. The molecule has 8 heteroatoms. The second kappa shape index (κ2) is 10.2. The van der Waals surface area contributed by atoms with E-state index in [-0.39, 0.29) is 5.91 Å². The summed E-state index contributed by atoms with van der Waals surface area (Å²) in [5.41, 5.74) is 3.61. The Morgan fingerprint density at radius 1 is 1.06 bits per heavy atom. The fraction of sp³-hybridized carbons (Fsp3) is 0.304. The number of carbonyl (C=O) groups is 1. The maximum atomic E-state index is 12.3. The number of benzene rings is 2. The van der Waals surface area contributed by atoms with Crippen LogP contribution in [0.15, 0.2) is 65.3 Å². The molecule has 1 amide bonds. The molecule has 0 saturated carbocycles. The lowest BCUT2D eigenvalue weighted by Gasteiger charge is -2.32. The molecule has 0 aliphatic carbocycles. The smallest absolute Gasteiger partial charge is 0.235 e. The summed E-state index contributed by atoms with van der Waals surface area (Å²) >= 11 is 0. The van der Waals surface area contributed by atoms with Crippen LogP contribution in [-0.4, -0.2) is 29.2 Å². The van der Waals surface area contributed by atoms with Gasteiger partial charge in [-0.2, -0.15) is 0 Å². The van der Waals surface area contributed by atoms with Gasteiger partial charge in [0.25, 0.3) is 0 Å². The van der Waals surface area contributed by atoms with Crippen LogP contribution in [0.4, 0.5) is 5.69 Å². The second-order valence-corrected chi connectivity index (χ2v) is 9.57. The van der Waals surface area contributed by atoms with Crippen LogP contribution < -0.4 is 5.32 Å². The first-order valence-electron chi connectivity index (χ1n) is 10.4. The maximum absolute atomic E-state index is 12.3. The van der Waals surface area contributed by atoms with E-state index in [4.69, 9.17) is 13.6 Å². The van der Waals surface area contributed by atoms with E-state index in [1.54, 1.807) is 6.20 Å². The van der Waals surface area contributed by atoms with E-state index in [0.29, 0.717) is 38.6 Å². The third-order valence-electron chi connectivity index (χ3n) is 5.02. The quantitative estimate of drug-likeness (QED) is 0.478. The van der Waals surface area contributed by atoms with Gasteiger partial charge in [0.1, 0.15) is 0 Å². The molecule has 31 heavy (non-hydrogen) atoms. The van der Waals surface area contributed by atoms with Gasteiger partial charge >= 0.3 is 0 Å². The van der Waals surface area contributed by atoms with Crippen molar-refractivity contribution < 1.29 is 23.3 Å². The van der Waals surface area contributed by atoms with E-state index >= 15 is 0 Å². The number of anilines is 1. The molecule has 1 saturated heterocycles. The van der Waals surface area contributed by atoms with Crippen molar-refractivity contribution in [2.75, 3.05) is 18.5 Å². The molecular weight excluding hydrogens is 415 g/mol. The van der Waals surface area contributed by atoms with E-state index in [9.17, 15) is 9.69 Å². The zero-order valence-corrected chi connectivity index (χ0v) is 18.1. The van der Waals surface area contributed by atoms with Gasteiger partial charge in [-0.05, 0) is 37.0 Å². The Balaban J connectivity index is 1.25. The summed E-state index contributed by atoms with van der Waals surface area (Å²) in [5.74, 6) is 0.711. The lowest BCUT2D eigenvalue weighted by atomic mass is 10.0. The van der Waals surface area contributed by atoms with Crippen LogP contribution in [0.3, 0.4) is 0 Å². The SMILES string of the molecule is O=C(CCCc1cnoc1-c1ccccc1)Nc1ccc(C[P]2(O)OCCCO2)cc1. The fourth-order valence-electron chi connectivity index (χ4n) is 3.45. The lowest BCUT2D eigenvalue weighted by molar-refractivity contribution is -0.116. The Hall–Kier alpha value is -2.57. The van der Waals surface area contributed by atoms with Crippen molar-refractivity contribution in [1.82, 2.24) is 5.16 Å². The number of carbonyl (C=O) groups excluding carboxylic acids is 1.